The Hall–Kier alpha value is -2.44. The third-order valence-corrected chi connectivity index (χ3v) is 7.45. The van der Waals surface area contributed by atoms with E-state index in [9.17, 15) is 5.11 Å². The number of likely N-dealkylation sites (tertiary alicyclic amines) is 1. The Bertz CT molecular complexity index is 1220. The molecule has 0 bridgehead atoms. The number of halogens is 2. The van der Waals surface area contributed by atoms with Gasteiger partial charge in [-0.15, -0.1) is 6.42 Å². The second-order valence-corrected chi connectivity index (χ2v) is 9.79. The molecule has 1 N–H and O–H groups in total. The second-order valence-electron chi connectivity index (χ2n) is 9.04. The molecule has 3 aromatic heterocycles. The van der Waals surface area contributed by atoms with Gasteiger partial charge < -0.3 is 14.9 Å². The van der Waals surface area contributed by atoms with Crippen LogP contribution in [0.4, 0.5) is 5.82 Å². The topological polar surface area (TPSA) is 83.2 Å². The van der Waals surface area contributed by atoms with E-state index < -0.39 is 0 Å². The van der Waals surface area contributed by atoms with Gasteiger partial charge in [-0.2, -0.15) is 5.10 Å². The first-order valence-electron chi connectivity index (χ1n) is 11.6. The van der Waals surface area contributed by atoms with E-state index in [4.69, 9.17) is 34.6 Å². The monoisotopic (exact) mass is 499 g/mol. The van der Waals surface area contributed by atoms with Gasteiger partial charge in [0.25, 0.3) is 0 Å². The van der Waals surface area contributed by atoms with Gasteiger partial charge in [0.1, 0.15) is 21.6 Å². The summed E-state index contributed by atoms with van der Waals surface area (Å²) in [6.07, 6.45) is 10.5. The molecule has 2 saturated heterocycles. The number of terminal acetylenes is 1. The fourth-order valence-electron chi connectivity index (χ4n) is 5.01. The third kappa shape index (κ3) is 4.71. The van der Waals surface area contributed by atoms with Gasteiger partial charge in [0, 0.05) is 32.7 Å². The summed E-state index contributed by atoms with van der Waals surface area (Å²) in [5.74, 6) is 4.79. The summed E-state index contributed by atoms with van der Waals surface area (Å²) in [5, 5.41) is 14.6. The Morgan fingerprint density at radius 3 is 2.74 bits per heavy atom. The first-order valence-corrected chi connectivity index (χ1v) is 12.4. The highest BCUT2D eigenvalue weighted by atomic mass is 35.5. The molecule has 3 aromatic rings. The number of fused-ring (bicyclic) bond motifs is 1. The zero-order valence-corrected chi connectivity index (χ0v) is 20.4. The Morgan fingerprint density at radius 2 is 1.97 bits per heavy atom. The molecule has 0 radical (unpaired) electrons. The number of aromatic nitrogens is 5. The molecule has 0 unspecified atom stereocenters. The summed E-state index contributed by atoms with van der Waals surface area (Å²) in [4.78, 5) is 18.3. The highest BCUT2D eigenvalue weighted by Gasteiger charge is 2.36. The summed E-state index contributed by atoms with van der Waals surface area (Å²) in [6, 6.07) is 3.60. The number of hydrogen-bond donors (Lipinski definition) is 1. The number of anilines is 1. The molecule has 178 valence electrons. The number of hydrogen-bond acceptors (Lipinski definition) is 7. The summed E-state index contributed by atoms with van der Waals surface area (Å²) < 4.78 is 1.80. The van der Waals surface area contributed by atoms with Crippen molar-refractivity contribution in [1.29, 1.82) is 0 Å². The molecule has 0 spiro atoms. The normalized spacial score (nSPS) is 19.4. The molecule has 0 aliphatic carbocycles. The van der Waals surface area contributed by atoms with Gasteiger partial charge in [0.2, 0.25) is 0 Å². The second kappa shape index (κ2) is 10.0. The van der Waals surface area contributed by atoms with Gasteiger partial charge in [-0.25, -0.2) is 19.6 Å². The van der Waals surface area contributed by atoms with Crippen molar-refractivity contribution in [3.05, 3.63) is 39.9 Å². The van der Waals surface area contributed by atoms with E-state index in [2.05, 4.69) is 30.8 Å². The first-order chi connectivity index (χ1) is 16.6. The van der Waals surface area contributed by atoms with Gasteiger partial charge in [0.15, 0.2) is 11.3 Å². The molecule has 5 rings (SSSR count). The summed E-state index contributed by atoms with van der Waals surface area (Å²) in [6.45, 7) is 5.66. The number of nitrogens with zero attached hydrogens (tertiary/aromatic N) is 7. The van der Waals surface area contributed by atoms with Crippen LogP contribution in [0.2, 0.25) is 10.3 Å². The average molecular weight is 500 g/mol. The third-order valence-electron chi connectivity index (χ3n) is 6.91. The number of rotatable bonds is 7. The van der Waals surface area contributed by atoms with Crippen LogP contribution in [-0.2, 0) is 13.0 Å². The molecule has 2 aliphatic heterocycles. The summed E-state index contributed by atoms with van der Waals surface area (Å²) in [7, 11) is 0. The predicted octanol–water partition coefficient (Wildman–Crippen LogP) is 2.89. The van der Waals surface area contributed by atoms with Crippen LogP contribution >= 0.6 is 23.2 Å². The Labute approximate surface area is 208 Å². The van der Waals surface area contributed by atoms with E-state index in [0.29, 0.717) is 52.0 Å². The van der Waals surface area contributed by atoms with Crippen molar-refractivity contribution >= 4 is 40.2 Å². The van der Waals surface area contributed by atoms with E-state index in [1.165, 1.54) is 12.8 Å². The number of piperidine rings is 1. The lowest BCUT2D eigenvalue weighted by Gasteiger charge is -2.47. The first kappa shape index (κ1) is 23.3. The van der Waals surface area contributed by atoms with Gasteiger partial charge in [-0.05, 0) is 55.2 Å². The van der Waals surface area contributed by atoms with Crippen LogP contribution in [0.15, 0.2) is 18.3 Å². The fourth-order valence-corrected chi connectivity index (χ4v) is 5.45. The molecule has 1 atom stereocenters. The number of pyridine rings is 1. The maximum absolute atomic E-state index is 9.26. The highest BCUT2D eigenvalue weighted by Crippen LogP contribution is 2.33. The molecule has 34 heavy (non-hydrogen) atoms. The molecule has 2 aliphatic rings. The highest BCUT2D eigenvalue weighted by molar-refractivity contribution is 6.32. The van der Waals surface area contributed by atoms with Crippen molar-refractivity contribution in [3.8, 4) is 12.3 Å². The quantitative estimate of drug-likeness (QED) is 0.395. The number of aliphatic hydroxyl groups excluding tert-OH is 1. The van der Waals surface area contributed by atoms with Crippen LogP contribution in [0.25, 0.3) is 11.2 Å². The van der Waals surface area contributed by atoms with Crippen LogP contribution in [-0.4, -0.2) is 74.1 Å². The number of β-amino-alcohol motifs (C(OH)–C–C–N with tert-alkyl or cyclic N) is 1. The van der Waals surface area contributed by atoms with Crippen LogP contribution in [0.1, 0.15) is 24.1 Å². The Morgan fingerprint density at radius 1 is 1.12 bits per heavy atom. The van der Waals surface area contributed by atoms with Gasteiger partial charge in [-0.3, -0.25) is 0 Å². The number of aryl methyl sites for hydroxylation is 2. The molecule has 2 fully saturated rings. The van der Waals surface area contributed by atoms with E-state index >= 15 is 0 Å². The summed E-state index contributed by atoms with van der Waals surface area (Å²) in [5.41, 5.74) is 2.69. The van der Waals surface area contributed by atoms with Crippen LogP contribution in [0.3, 0.4) is 0 Å². The maximum atomic E-state index is 9.26. The largest absolute Gasteiger partial charge is 0.395 e. The Kier molecular flexibility index (Phi) is 6.89. The average Bonchev–Trinajstić information content (AvgIpc) is 3.15. The van der Waals surface area contributed by atoms with Crippen molar-refractivity contribution in [2.24, 2.45) is 11.8 Å². The molecular formula is C24H27Cl2N7O. The SMILES string of the molecule is C#Cc1nn(CCc2ccc(Cl)nc2Cl)c2nc(N3CC([C@H]4CCCN(CCO)C4)C3)cnc12. The van der Waals surface area contributed by atoms with E-state index in [0.717, 1.165) is 44.1 Å². The van der Waals surface area contributed by atoms with E-state index in [1.54, 1.807) is 16.9 Å². The Balaban J connectivity index is 1.30. The van der Waals surface area contributed by atoms with Crippen LogP contribution in [0, 0.1) is 24.2 Å². The minimum Gasteiger partial charge on any atom is -0.395 e. The predicted molar refractivity (Wildman–Crippen MR) is 133 cm³/mol. The number of aliphatic hydroxyl groups is 1. The minimum atomic E-state index is 0.229. The smallest absolute Gasteiger partial charge is 0.180 e. The van der Waals surface area contributed by atoms with E-state index in [-0.39, 0.29) is 6.61 Å². The molecule has 8 nitrogen and oxygen atoms in total. The molecule has 0 amide bonds. The van der Waals surface area contributed by atoms with Crippen molar-refractivity contribution in [2.75, 3.05) is 44.2 Å². The van der Waals surface area contributed by atoms with Crippen molar-refractivity contribution in [1.82, 2.24) is 29.6 Å². The zero-order valence-electron chi connectivity index (χ0n) is 18.9. The molecule has 0 aromatic carbocycles. The van der Waals surface area contributed by atoms with Crippen molar-refractivity contribution in [2.45, 2.75) is 25.8 Å². The maximum Gasteiger partial charge on any atom is 0.180 e. The van der Waals surface area contributed by atoms with E-state index in [1.807, 2.05) is 6.07 Å². The van der Waals surface area contributed by atoms with Crippen LogP contribution in [0.5, 0.6) is 0 Å². The molecule has 10 heteroatoms. The van der Waals surface area contributed by atoms with Gasteiger partial charge >= 0.3 is 0 Å². The summed E-state index contributed by atoms with van der Waals surface area (Å²) >= 11 is 12.1. The molecule has 5 heterocycles. The van der Waals surface area contributed by atoms with Crippen molar-refractivity contribution in [3.63, 3.8) is 0 Å². The van der Waals surface area contributed by atoms with Crippen molar-refractivity contribution < 1.29 is 5.11 Å². The fraction of sp³-hybridized carbons (Fsp3) is 0.500. The zero-order chi connectivity index (χ0) is 23.7. The lowest BCUT2D eigenvalue weighted by atomic mass is 9.80. The van der Waals surface area contributed by atoms with Gasteiger partial charge in [-0.1, -0.05) is 29.3 Å². The standard InChI is InChI=1S/C24H27Cl2N7O/c1-2-19-22-24(33(30-19)9-7-16-5-6-20(25)28-23(16)26)29-21(12-27-22)32-14-18(15-32)17-4-3-8-31(13-17)10-11-34/h1,5-6,12,17-18,34H,3-4,7-11,13-15H2/t17-/m0/s1. The lowest BCUT2D eigenvalue weighted by molar-refractivity contribution is 0.101. The van der Waals surface area contributed by atoms with Gasteiger partial charge in [0.05, 0.1) is 12.8 Å². The molecular weight excluding hydrogens is 473 g/mol. The lowest BCUT2D eigenvalue weighted by Crippen LogP contribution is -2.54. The molecule has 0 saturated carbocycles. The minimum absolute atomic E-state index is 0.229. The van der Waals surface area contributed by atoms with Crippen LogP contribution < -0.4 is 4.90 Å².